The molecule has 0 saturated heterocycles. The first-order chi connectivity index (χ1) is 8.13. The van der Waals surface area contributed by atoms with Gasteiger partial charge in [-0.25, -0.2) is 4.79 Å². The van der Waals surface area contributed by atoms with Crippen molar-refractivity contribution in [3.63, 3.8) is 0 Å². The fourth-order valence-corrected chi connectivity index (χ4v) is 0.814. The van der Waals surface area contributed by atoms with Gasteiger partial charge in [0.1, 0.15) is 12.0 Å². The molecule has 1 aromatic carbocycles. The highest BCUT2D eigenvalue weighted by Gasteiger charge is 1.89. The number of rotatable bonds is 4. The van der Waals surface area contributed by atoms with Crippen LogP contribution in [0.3, 0.4) is 0 Å². The van der Waals surface area contributed by atoms with Crippen LogP contribution < -0.4 is 0 Å². The predicted octanol–water partition coefficient (Wildman–Crippen LogP) is 2.33. The molecule has 17 heavy (non-hydrogen) atoms. The molecule has 0 atom stereocenters. The summed E-state index contributed by atoms with van der Waals surface area (Å²) in [6.07, 6.45) is 2.76. The van der Waals surface area contributed by atoms with Gasteiger partial charge in [0.05, 0.1) is 6.61 Å². The minimum absolute atomic E-state index is 0.181. The lowest BCUT2D eigenvalue weighted by molar-refractivity contribution is -0.137. The van der Waals surface area contributed by atoms with Gasteiger partial charge in [-0.3, -0.25) is 4.79 Å². The highest BCUT2D eigenvalue weighted by Crippen LogP contribution is 2.07. The first-order valence-electron chi connectivity index (χ1n) is 5.17. The smallest absolute Gasteiger partial charge is 0.330 e. The van der Waals surface area contributed by atoms with Crippen molar-refractivity contribution in [2.45, 2.75) is 13.3 Å². The van der Waals surface area contributed by atoms with E-state index >= 15 is 0 Å². The lowest BCUT2D eigenvalue weighted by Gasteiger charge is -1.94. The number of esters is 1. The SMILES string of the molecule is C=CC(=O)OCCC.O=Cc1ccc(O)cc1. The zero-order valence-electron chi connectivity index (χ0n) is 9.76. The van der Waals surface area contributed by atoms with Crippen LogP contribution in [0.15, 0.2) is 36.9 Å². The number of aromatic hydroxyl groups is 1. The molecule has 0 aromatic heterocycles. The van der Waals surface area contributed by atoms with Gasteiger partial charge in [-0.05, 0) is 30.7 Å². The summed E-state index contributed by atoms with van der Waals surface area (Å²) in [5.41, 5.74) is 0.577. The van der Waals surface area contributed by atoms with E-state index in [2.05, 4.69) is 11.3 Å². The number of phenolic OH excluding ortho intramolecular Hbond substituents is 1. The Bertz CT molecular complexity index is 354. The molecule has 0 heterocycles. The Morgan fingerprint density at radius 3 is 2.41 bits per heavy atom. The Labute approximate surface area is 101 Å². The molecule has 0 aliphatic rings. The average molecular weight is 236 g/mol. The maximum absolute atomic E-state index is 10.2. The molecule has 0 aliphatic carbocycles. The average Bonchev–Trinajstić information content (AvgIpc) is 2.37. The van der Waals surface area contributed by atoms with E-state index in [-0.39, 0.29) is 11.7 Å². The molecule has 0 saturated carbocycles. The predicted molar refractivity (Wildman–Crippen MR) is 64.9 cm³/mol. The van der Waals surface area contributed by atoms with E-state index in [1.807, 2.05) is 6.92 Å². The summed E-state index contributed by atoms with van der Waals surface area (Å²) < 4.78 is 4.58. The number of hydrogen-bond donors (Lipinski definition) is 1. The van der Waals surface area contributed by atoms with Crippen molar-refractivity contribution in [3.05, 3.63) is 42.5 Å². The van der Waals surface area contributed by atoms with Gasteiger partial charge in [0.15, 0.2) is 0 Å². The van der Waals surface area contributed by atoms with Crippen molar-refractivity contribution in [1.29, 1.82) is 0 Å². The molecule has 0 spiro atoms. The van der Waals surface area contributed by atoms with Crippen LogP contribution in [0.2, 0.25) is 0 Å². The molecule has 1 N–H and O–H groups in total. The Balaban J connectivity index is 0.000000304. The van der Waals surface area contributed by atoms with E-state index in [9.17, 15) is 9.59 Å². The van der Waals surface area contributed by atoms with Gasteiger partial charge in [0, 0.05) is 11.6 Å². The van der Waals surface area contributed by atoms with E-state index in [0.29, 0.717) is 12.2 Å². The van der Waals surface area contributed by atoms with E-state index in [1.54, 1.807) is 12.1 Å². The number of hydrogen-bond acceptors (Lipinski definition) is 4. The largest absolute Gasteiger partial charge is 0.508 e. The third-order valence-electron chi connectivity index (χ3n) is 1.64. The van der Waals surface area contributed by atoms with Gasteiger partial charge in [0.25, 0.3) is 0 Å². The maximum atomic E-state index is 10.2. The molecule has 0 amide bonds. The van der Waals surface area contributed by atoms with Crippen molar-refractivity contribution in [2.24, 2.45) is 0 Å². The second-order valence-electron chi connectivity index (χ2n) is 3.08. The normalized spacial score (nSPS) is 8.53. The molecule has 0 radical (unpaired) electrons. The Hall–Kier alpha value is -2.10. The molecule has 92 valence electrons. The highest BCUT2D eigenvalue weighted by atomic mass is 16.5. The minimum atomic E-state index is -0.341. The summed E-state index contributed by atoms with van der Waals surface area (Å²) in [6.45, 7) is 5.67. The molecular weight excluding hydrogens is 220 g/mol. The molecule has 0 bridgehead atoms. The first-order valence-corrected chi connectivity index (χ1v) is 5.17. The number of aldehydes is 1. The second kappa shape index (κ2) is 9.15. The quantitative estimate of drug-likeness (QED) is 0.495. The minimum Gasteiger partial charge on any atom is -0.508 e. The van der Waals surface area contributed by atoms with Crippen LogP contribution in [0, 0.1) is 0 Å². The molecule has 0 unspecified atom stereocenters. The molecular formula is C13H16O4. The standard InChI is InChI=1S/C7H6O2.C6H10O2/c8-5-6-1-3-7(9)4-2-6;1-3-5-8-6(7)4-2/h1-5,9H;4H,2-3,5H2,1H3. The topological polar surface area (TPSA) is 63.6 Å². The van der Waals surface area contributed by atoms with Crippen LogP contribution in [-0.2, 0) is 9.53 Å². The van der Waals surface area contributed by atoms with Crippen molar-refractivity contribution in [3.8, 4) is 5.75 Å². The van der Waals surface area contributed by atoms with Gasteiger partial charge in [-0.2, -0.15) is 0 Å². The first kappa shape index (κ1) is 14.9. The Morgan fingerprint density at radius 1 is 1.41 bits per heavy atom. The van der Waals surface area contributed by atoms with Gasteiger partial charge < -0.3 is 9.84 Å². The number of carbonyl (C=O) groups is 2. The third-order valence-corrected chi connectivity index (χ3v) is 1.64. The fourth-order valence-electron chi connectivity index (χ4n) is 0.814. The lowest BCUT2D eigenvalue weighted by atomic mass is 10.2. The monoisotopic (exact) mass is 236 g/mol. The summed E-state index contributed by atoms with van der Waals surface area (Å²) >= 11 is 0. The van der Waals surface area contributed by atoms with Crippen molar-refractivity contribution in [2.75, 3.05) is 6.61 Å². The molecule has 1 rings (SSSR count). The number of ether oxygens (including phenoxy) is 1. The molecule has 0 fully saturated rings. The molecule has 0 aliphatic heterocycles. The van der Waals surface area contributed by atoms with Crippen LogP contribution in [-0.4, -0.2) is 24.0 Å². The molecule has 1 aromatic rings. The zero-order chi connectivity index (χ0) is 13.1. The van der Waals surface area contributed by atoms with E-state index in [4.69, 9.17) is 5.11 Å². The second-order valence-corrected chi connectivity index (χ2v) is 3.08. The Morgan fingerprint density at radius 2 is 2.00 bits per heavy atom. The summed E-state index contributed by atoms with van der Waals surface area (Å²) in [5.74, 6) is -0.160. The van der Waals surface area contributed by atoms with Gasteiger partial charge in [-0.15, -0.1) is 0 Å². The van der Waals surface area contributed by atoms with E-state index < -0.39 is 0 Å². The summed E-state index contributed by atoms with van der Waals surface area (Å²) in [5, 5.41) is 8.74. The van der Waals surface area contributed by atoms with Crippen molar-refractivity contribution in [1.82, 2.24) is 0 Å². The number of phenols is 1. The van der Waals surface area contributed by atoms with E-state index in [1.165, 1.54) is 12.1 Å². The number of carbonyl (C=O) groups excluding carboxylic acids is 2. The number of benzene rings is 1. The Kier molecular flexibility index (Phi) is 8.02. The van der Waals surface area contributed by atoms with Crippen LogP contribution in [0.4, 0.5) is 0 Å². The highest BCUT2D eigenvalue weighted by molar-refractivity contribution is 5.81. The summed E-state index contributed by atoms with van der Waals surface area (Å²) in [7, 11) is 0. The van der Waals surface area contributed by atoms with E-state index in [0.717, 1.165) is 18.8 Å². The van der Waals surface area contributed by atoms with Gasteiger partial charge in [0.2, 0.25) is 0 Å². The van der Waals surface area contributed by atoms with Crippen LogP contribution in [0.1, 0.15) is 23.7 Å². The van der Waals surface area contributed by atoms with Crippen LogP contribution in [0.5, 0.6) is 5.75 Å². The zero-order valence-corrected chi connectivity index (χ0v) is 9.76. The van der Waals surface area contributed by atoms with Crippen LogP contribution >= 0.6 is 0 Å². The maximum Gasteiger partial charge on any atom is 0.330 e. The molecule has 4 heteroatoms. The van der Waals surface area contributed by atoms with Crippen molar-refractivity contribution >= 4 is 12.3 Å². The van der Waals surface area contributed by atoms with Crippen molar-refractivity contribution < 1.29 is 19.4 Å². The van der Waals surface area contributed by atoms with Gasteiger partial charge in [-0.1, -0.05) is 13.5 Å². The third kappa shape index (κ3) is 7.79. The van der Waals surface area contributed by atoms with Gasteiger partial charge >= 0.3 is 5.97 Å². The molecule has 4 nitrogen and oxygen atoms in total. The lowest BCUT2D eigenvalue weighted by Crippen LogP contribution is -1.99. The van der Waals surface area contributed by atoms with Crippen LogP contribution in [0.25, 0.3) is 0 Å². The summed E-state index contributed by atoms with van der Waals surface area (Å²) in [4.78, 5) is 20.3. The summed E-state index contributed by atoms with van der Waals surface area (Å²) in [6, 6.07) is 6.07. The fraction of sp³-hybridized carbons (Fsp3) is 0.231.